The Labute approximate surface area is 272 Å². The van der Waals surface area contributed by atoms with Crippen LogP contribution in [0.2, 0.25) is 18.1 Å². The number of carbonyl (C=O) groups excluding carboxylic acids is 1. The minimum absolute atomic E-state index is 0.111. The van der Waals surface area contributed by atoms with Crippen molar-refractivity contribution in [2.45, 2.75) is 128 Å². The molecular formula is C34H48N8O3Si. The third-order valence-corrected chi connectivity index (χ3v) is 15.9. The van der Waals surface area contributed by atoms with E-state index in [0.717, 1.165) is 79.5 Å². The molecule has 1 aliphatic heterocycles. The number of likely N-dealkylation sites (N-methyl/N-ethyl adjacent to an activating group) is 1. The molecule has 0 N–H and O–H groups in total. The Kier molecular flexibility index (Phi) is 7.83. The molecule has 46 heavy (non-hydrogen) atoms. The van der Waals surface area contributed by atoms with Crippen molar-refractivity contribution < 1.29 is 13.7 Å². The third kappa shape index (κ3) is 5.16. The van der Waals surface area contributed by atoms with E-state index in [1.807, 2.05) is 27.8 Å². The first-order chi connectivity index (χ1) is 21.9. The van der Waals surface area contributed by atoms with Crippen LogP contribution in [0.4, 0.5) is 0 Å². The van der Waals surface area contributed by atoms with Crippen LogP contribution in [0, 0.1) is 0 Å². The molecule has 0 bridgehead atoms. The highest BCUT2D eigenvalue weighted by Gasteiger charge is 2.48. The van der Waals surface area contributed by atoms with E-state index in [1.165, 1.54) is 6.42 Å². The minimum Gasteiger partial charge on any atom is -0.411 e. The Morgan fingerprint density at radius 3 is 2.67 bits per heavy atom. The standard InChI is InChI=1S/C34H48N8O3Si/c1-22(26-13-11-18-40(26)5)42-32-25(20-35-42)31(41-19-15-23(38-41)21-44-46(6,7)33(2,3)4)36-30(37-32)28-24-12-10-17-34(29(24)45-39-28)16-9-8-14-27(34)43/h15,19-20,22,26H,8-14,16-18,21H2,1-7H3/t22-,26-,34+/m0/s1. The van der Waals surface area contributed by atoms with E-state index in [4.69, 9.17) is 29.1 Å². The van der Waals surface area contributed by atoms with Gasteiger partial charge in [0.2, 0.25) is 0 Å². The van der Waals surface area contributed by atoms with Gasteiger partial charge >= 0.3 is 0 Å². The van der Waals surface area contributed by atoms with Crippen molar-refractivity contribution in [1.29, 1.82) is 0 Å². The Morgan fingerprint density at radius 2 is 1.93 bits per heavy atom. The van der Waals surface area contributed by atoms with Crippen molar-refractivity contribution in [3.8, 4) is 17.3 Å². The summed E-state index contributed by atoms with van der Waals surface area (Å²) in [5.41, 5.74) is 2.64. The van der Waals surface area contributed by atoms with Gasteiger partial charge in [-0.3, -0.25) is 4.79 Å². The van der Waals surface area contributed by atoms with Gasteiger partial charge in [-0.05, 0) is 89.7 Å². The molecule has 11 nitrogen and oxygen atoms in total. The van der Waals surface area contributed by atoms with E-state index in [2.05, 4.69) is 57.9 Å². The Bertz CT molecular complexity index is 1770. The number of carbonyl (C=O) groups is 1. The SMILES string of the molecule is C[C@@H]([C@@H]1CCCN1C)n1ncc2c(-n3ccc(CO[Si](C)(C)C(C)(C)C)n3)nc(-c3noc4c3CCC[C@@]43CCCCC3=O)nc21. The van der Waals surface area contributed by atoms with Gasteiger partial charge in [0.1, 0.15) is 5.78 Å². The zero-order chi connectivity index (χ0) is 32.4. The highest BCUT2D eigenvalue weighted by atomic mass is 28.4. The second-order valence-electron chi connectivity index (χ2n) is 15.3. The second-order valence-corrected chi connectivity index (χ2v) is 20.1. The Balaban J connectivity index is 1.32. The fourth-order valence-electron chi connectivity index (χ4n) is 7.59. The normalized spacial score (nSPS) is 23.5. The van der Waals surface area contributed by atoms with Crippen LogP contribution in [0.3, 0.4) is 0 Å². The van der Waals surface area contributed by atoms with Crippen LogP contribution in [0.15, 0.2) is 23.0 Å². The van der Waals surface area contributed by atoms with E-state index in [1.54, 1.807) is 0 Å². The number of Topliss-reactive ketones (excluding diaryl/α,β-unsaturated/α-hetero) is 1. The molecule has 0 unspecified atom stereocenters. The van der Waals surface area contributed by atoms with Crippen LogP contribution in [0.1, 0.15) is 102 Å². The van der Waals surface area contributed by atoms with Gasteiger partial charge in [0.05, 0.1) is 35.3 Å². The smallest absolute Gasteiger partial charge is 0.192 e. The molecule has 1 saturated carbocycles. The van der Waals surface area contributed by atoms with E-state index in [9.17, 15) is 4.79 Å². The van der Waals surface area contributed by atoms with Gasteiger partial charge in [-0.1, -0.05) is 32.3 Å². The van der Waals surface area contributed by atoms with Gasteiger partial charge in [-0.25, -0.2) is 19.3 Å². The second kappa shape index (κ2) is 11.5. The van der Waals surface area contributed by atoms with Gasteiger partial charge in [0.25, 0.3) is 0 Å². The highest BCUT2D eigenvalue weighted by molar-refractivity contribution is 6.74. The molecule has 246 valence electrons. The van der Waals surface area contributed by atoms with Crippen molar-refractivity contribution in [3.63, 3.8) is 0 Å². The number of nitrogens with zero attached hydrogens (tertiary/aromatic N) is 8. The monoisotopic (exact) mass is 644 g/mol. The predicted octanol–water partition coefficient (Wildman–Crippen LogP) is 6.56. The lowest BCUT2D eigenvalue weighted by Crippen LogP contribution is -2.41. The van der Waals surface area contributed by atoms with Crippen molar-refractivity contribution in [2.24, 2.45) is 0 Å². The number of ketones is 1. The molecule has 3 atom stereocenters. The van der Waals surface area contributed by atoms with Crippen LogP contribution in [-0.4, -0.2) is 73.3 Å². The van der Waals surface area contributed by atoms with Gasteiger partial charge in [0.15, 0.2) is 37.1 Å². The summed E-state index contributed by atoms with van der Waals surface area (Å²) in [5, 5.41) is 15.4. The molecule has 2 fully saturated rings. The summed E-state index contributed by atoms with van der Waals surface area (Å²) in [4.78, 5) is 26.0. The molecule has 0 radical (unpaired) electrons. The first-order valence-corrected chi connectivity index (χ1v) is 20.0. The molecule has 12 heteroatoms. The number of hydrogen-bond acceptors (Lipinski definition) is 9. The maximum absolute atomic E-state index is 13.3. The summed E-state index contributed by atoms with van der Waals surface area (Å²) < 4.78 is 16.4. The fraction of sp³-hybridized carbons (Fsp3) is 0.647. The molecule has 1 saturated heterocycles. The summed E-state index contributed by atoms with van der Waals surface area (Å²) in [6.45, 7) is 15.0. The molecule has 0 aromatic carbocycles. The van der Waals surface area contributed by atoms with E-state index >= 15 is 0 Å². The van der Waals surface area contributed by atoms with Crippen molar-refractivity contribution >= 4 is 25.1 Å². The van der Waals surface area contributed by atoms with Crippen molar-refractivity contribution in [1.82, 2.24) is 39.6 Å². The maximum atomic E-state index is 13.3. The van der Waals surface area contributed by atoms with Crippen LogP contribution in [0.25, 0.3) is 28.4 Å². The van der Waals surface area contributed by atoms with Crippen molar-refractivity contribution in [3.05, 3.63) is 35.5 Å². The molecule has 5 heterocycles. The Morgan fingerprint density at radius 1 is 1.13 bits per heavy atom. The predicted molar refractivity (Wildman–Crippen MR) is 178 cm³/mol. The molecule has 7 rings (SSSR count). The van der Waals surface area contributed by atoms with Crippen LogP contribution in [-0.2, 0) is 27.7 Å². The summed E-state index contributed by atoms with van der Waals surface area (Å²) in [6.07, 6.45) is 12.0. The molecule has 2 aliphatic carbocycles. The summed E-state index contributed by atoms with van der Waals surface area (Å²) in [5.74, 6) is 2.15. The number of rotatable bonds is 7. The van der Waals surface area contributed by atoms with Crippen molar-refractivity contribution in [2.75, 3.05) is 13.6 Å². The lowest BCUT2D eigenvalue weighted by Gasteiger charge is -2.36. The molecular weight excluding hydrogens is 597 g/mol. The molecule has 4 aromatic rings. The Hall–Kier alpha value is -3.22. The van der Waals surface area contributed by atoms with E-state index < -0.39 is 13.7 Å². The fourth-order valence-corrected chi connectivity index (χ4v) is 8.54. The number of fused-ring (bicyclic) bond motifs is 3. The van der Waals surface area contributed by atoms with Crippen LogP contribution >= 0.6 is 0 Å². The first-order valence-electron chi connectivity index (χ1n) is 17.1. The average Bonchev–Trinajstić information content (AvgIpc) is 3.82. The highest BCUT2D eigenvalue weighted by Crippen LogP contribution is 2.47. The van der Waals surface area contributed by atoms with Gasteiger partial charge in [0, 0.05) is 24.2 Å². The van der Waals surface area contributed by atoms with Gasteiger partial charge in [-0.15, -0.1) is 0 Å². The molecule has 3 aliphatic rings. The topological polar surface area (TPSA) is 117 Å². The number of aromatic nitrogens is 7. The molecule has 0 amide bonds. The zero-order valence-corrected chi connectivity index (χ0v) is 29.5. The van der Waals surface area contributed by atoms with Crippen LogP contribution in [0.5, 0.6) is 0 Å². The maximum Gasteiger partial charge on any atom is 0.192 e. The first kappa shape index (κ1) is 31.4. The quantitative estimate of drug-likeness (QED) is 0.206. The van der Waals surface area contributed by atoms with Crippen LogP contribution < -0.4 is 0 Å². The average molecular weight is 645 g/mol. The molecule has 1 spiro atoms. The zero-order valence-electron chi connectivity index (χ0n) is 28.5. The van der Waals surface area contributed by atoms with Gasteiger partial charge in [-0.2, -0.15) is 10.2 Å². The number of likely N-dealkylation sites (tertiary alicyclic amines) is 1. The molecule has 4 aromatic heterocycles. The summed E-state index contributed by atoms with van der Waals surface area (Å²) >= 11 is 0. The van der Waals surface area contributed by atoms with Gasteiger partial charge < -0.3 is 13.8 Å². The summed E-state index contributed by atoms with van der Waals surface area (Å²) in [6, 6.07) is 2.48. The lowest BCUT2D eigenvalue weighted by atomic mass is 9.64. The summed E-state index contributed by atoms with van der Waals surface area (Å²) in [7, 11) is 0.242. The number of hydrogen-bond donors (Lipinski definition) is 0. The third-order valence-electron chi connectivity index (χ3n) is 11.5. The van der Waals surface area contributed by atoms with E-state index in [-0.39, 0.29) is 16.9 Å². The minimum atomic E-state index is -1.95. The largest absolute Gasteiger partial charge is 0.411 e. The lowest BCUT2D eigenvalue weighted by molar-refractivity contribution is -0.128. The van der Waals surface area contributed by atoms with E-state index in [0.29, 0.717) is 36.4 Å².